The van der Waals surface area contributed by atoms with E-state index in [1.165, 1.54) is 5.01 Å². The number of nitrogens with zero attached hydrogens (tertiary/aromatic N) is 2. The molecule has 140 valence electrons. The maximum Gasteiger partial charge on any atom is 0.281 e. The molecule has 4 nitrogen and oxygen atoms in total. The Morgan fingerprint density at radius 3 is 2.18 bits per heavy atom. The number of carbonyl (C=O) groups excluding carboxylic acids is 2. The van der Waals surface area contributed by atoms with Crippen LogP contribution in [0.3, 0.4) is 0 Å². The smallest absolute Gasteiger partial charge is 0.281 e. The van der Waals surface area contributed by atoms with E-state index < -0.39 is 0 Å². The van der Waals surface area contributed by atoms with E-state index in [0.717, 1.165) is 27.3 Å². The van der Waals surface area contributed by atoms with Crippen LogP contribution in [0.1, 0.15) is 31.6 Å². The number of rotatable bonds is 4. The molecule has 4 rings (SSSR count). The van der Waals surface area contributed by atoms with E-state index in [9.17, 15) is 9.59 Å². The third-order valence-corrected chi connectivity index (χ3v) is 5.77. The molecule has 0 unspecified atom stereocenters. The molecule has 0 atom stereocenters. The van der Waals surface area contributed by atoms with Crippen LogP contribution in [0.4, 0.5) is 5.69 Å². The van der Waals surface area contributed by atoms with E-state index in [1.807, 2.05) is 73.8 Å². The monoisotopic (exact) mass is 388 g/mol. The topological polar surface area (TPSA) is 49.7 Å². The fourth-order valence-electron chi connectivity index (χ4n) is 3.42. The van der Waals surface area contributed by atoms with E-state index in [0.29, 0.717) is 24.1 Å². The third-order valence-electron chi connectivity index (χ3n) is 4.89. The van der Waals surface area contributed by atoms with E-state index in [2.05, 4.69) is 5.10 Å². The molecule has 1 amide bonds. The number of carbonyl (C=O) groups is 2. The molecule has 0 saturated heterocycles. The Labute approximate surface area is 168 Å². The van der Waals surface area contributed by atoms with Crippen molar-refractivity contribution in [2.75, 3.05) is 5.01 Å². The molecule has 1 aliphatic carbocycles. The molecule has 0 N–H and O–H groups in total. The Morgan fingerprint density at radius 1 is 0.929 bits per heavy atom. The number of allylic oxidation sites excluding steroid dienone is 5. The average Bonchev–Trinajstić information content (AvgIpc) is 3.37. The number of Topliss-reactive ketones (excluding diaryl/α,β-unsaturated/α-hetero) is 1. The Morgan fingerprint density at radius 2 is 1.61 bits per heavy atom. The number of ketones is 1. The van der Waals surface area contributed by atoms with Crippen molar-refractivity contribution in [1.82, 2.24) is 0 Å². The summed E-state index contributed by atoms with van der Waals surface area (Å²) in [6.45, 7) is 3.93. The fourth-order valence-corrected chi connectivity index (χ4v) is 4.13. The number of anilines is 1. The van der Waals surface area contributed by atoms with Gasteiger partial charge in [-0.1, -0.05) is 38.1 Å². The zero-order chi connectivity index (χ0) is 19.7. The van der Waals surface area contributed by atoms with Crippen LogP contribution >= 0.6 is 11.3 Å². The molecule has 1 aliphatic heterocycles. The first-order valence-electron chi connectivity index (χ1n) is 9.36. The first-order chi connectivity index (χ1) is 13.6. The molecule has 0 fully saturated rings. The lowest BCUT2D eigenvalue weighted by Crippen LogP contribution is -2.23. The molecule has 1 aromatic heterocycles. The SMILES string of the molecule is CCC1=CC(=C2C(=O)N(c3ccccc3)N=C2c2cccs2)C=C(CC)C1=O. The molecule has 0 spiro atoms. The lowest BCUT2D eigenvalue weighted by molar-refractivity contribution is -0.114. The minimum Gasteiger partial charge on any atom is -0.289 e. The van der Waals surface area contributed by atoms with Gasteiger partial charge < -0.3 is 0 Å². The molecular formula is C23H20N2O2S. The second-order valence-corrected chi connectivity index (χ2v) is 7.53. The molecule has 2 heterocycles. The van der Waals surface area contributed by atoms with Gasteiger partial charge in [0.2, 0.25) is 0 Å². The summed E-state index contributed by atoms with van der Waals surface area (Å²) in [5, 5.41) is 8.09. The van der Waals surface area contributed by atoms with Crippen molar-refractivity contribution in [2.24, 2.45) is 5.10 Å². The highest BCUT2D eigenvalue weighted by molar-refractivity contribution is 7.12. The second-order valence-electron chi connectivity index (χ2n) is 6.58. The number of thiophene rings is 1. The summed E-state index contributed by atoms with van der Waals surface area (Å²) in [6, 6.07) is 13.3. The Balaban J connectivity index is 1.92. The highest BCUT2D eigenvalue weighted by atomic mass is 32.1. The van der Waals surface area contributed by atoms with Gasteiger partial charge in [-0.3, -0.25) is 9.59 Å². The van der Waals surface area contributed by atoms with Gasteiger partial charge in [0.05, 0.1) is 16.1 Å². The molecule has 0 saturated carbocycles. The Bertz CT molecular complexity index is 1030. The number of amides is 1. The number of para-hydroxylation sites is 1. The summed E-state index contributed by atoms with van der Waals surface area (Å²) in [7, 11) is 0. The second kappa shape index (κ2) is 7.52. The predicted octanol–water partition coefficient (Wildman–Crippen LogP) is 5.05. The van der Waals surface area contributed by atoms with Crippen LogP contribution in [0, 0.1) is 0 Å². The van der Waals surface area contributed by atoms with Crippen LogP contribution in [0.25, 0.3) is 0 Å². The standard InChI is InChI=1S/C23H20N2O2S/c1-3-15-13-17(14-16(4-2)22(15)26)20-21(19-11-8-12-28-19)24-25(23(20)27)18-9-6-5-7-10-18/h5-14H,3-4H2,1-2H3. The van der Waals surface area contributed by atoms with Gasteiger partial charge in [-0.25, -0.2) is 0 Å². The van der Waals surface area contributed by atoms with Crippen LogP contribution < -0.4 is 5.01 Å². The van der Waals surface area contributed by atoms with Crippen molar-refractivity contribution in [3.8, 4) is 0 Å². The van der Waals surface area contributed by atoms with Gasteiger partial charge in [-0.2, -0.15) is 10.1 Å². The van der Waals surface area contributed by atoms with E-state index in [1.54, 1.807) is 11.3 Å². The van der Waals surface area contributed by atoms with Gasteiger partial charge in [-0.15, -0.1) is 11.3 Å². The normalized spacial score (nSPS) is 17.1. The number of hydrogen-bond acceptors (Lipinski definition) is 4. The maximum absolute atomic E-state index is 13.4. The molecular weight excluding hydrogens is 368 g/mol. The van der Waals surface area contributed by atoms with Crippen molar-refractivity contribution in [2.45, 2.75) is 26.7 Å². The summed E-state index contributed by atoms with van der Waals surface area (Å²) in [5.74, 6) is -0.0910. The Hall–Kier alpha value is -3.05. The minimum absolute atomic E-state index is 0.0781. The first-order valence-corrected chi connectivity index (χ1v) is 10.2. The zero-order valence-electron chi connectivity index (χ0n) is 15.8. The van der Waals surface area contributed by atoms with Crippen LogP contribution in [0.15, 0.2) is 87.4 Å². The van der Waals surface area contributed by atoms with E-state index in [4.69, 9.17) is 0 Å². The van der Waals surface area contributed by atoms with Gasteiger partial charge in [0.15, 0.2) is 5.78 Å². The van der Waals surface area contributed by atoms with Crippen LogP contribution in [-0.2, 0) is 9.59 Å². The van der Waals surface area contributed by atoms with Crippen LogP contribution in [-0.4, -0.2) is 17.4 Å². The van der Waals surface area contributed by atoms with Crippen molar-refractivity contribution in [3.63, 3.8) is 0 Å². The first kappa shape index (κ1) is 18.3. The quantitative estimate of drug-likeness (QED) is 0.688. The molecule has 28 heavy (non-hydrogen) atoms. The van der Waals surface area contributed by atoms with Crippen LogP contribution in [0.5, 0.6) is 0 Å². The highest BCUT2D eigenvalue weighted by Gasteiger charge is 2.35. The van der Waals surface area contributed by atoms with Crippen molar-refractivity contribution in [3.05, 3.63) is 87.2 Å². The molecule has 2 aliphatic rings. The predicted molar refractivity (Wildman–Crippen MR) is 114 cm³/mol. The van der Waals surface area contributed by atoms with Crippen molar-refractivity contribution in [1.29, 1.82) is 0 Å². The molecule has 2 aromatic rings. The minimum atomic E-state index is -0.169. The molecule has 1 aromatic carbocycles. The van der Waals surface area contributed by atoms with Crippen molar-refractivity contribution >= 4 is 34.4 Å². The largest absolute Gasteiger partial charge is 0.289 e. The van der Waals surface area contributed by atoms with Crippen LogP contribution in [0.2, 0.25) is 0 Å². The number of hydrazone groups is 1. The van der Waals surface area contributed by atoms with Gasteiger partial charge in [0.1, 0.15) is 5.71 Å². The summed E-state index contributed by atoms with van der Waals surface area (Å²) >= 11 is 1.55. The highest BCUT2D eigenvalue weighted by Crippen LogP contribution is 2.33. The molecule has 0 bridgehead atoms. The van der Waals surface area contributed by atoms with Gasteiger partial charge in [0.25, 0.3) is 5.91 Å². The van der Waals surface area contributed by atoms with Gasteiger partial charge >= 0.3 is 0 Å². The molecule has 0 radical (unpaired) electrons. The lowest BCUT2D eigenvalue weighted by atomic mass is 9.87. The van der Waals surface area contributed by atoms with E-state index >= 15 is 0 Å². The number of benzene rings is 1. The average molecular weight is 388 g/mol. The van der Waals surface area contributed by atoms with Gasteiger partial charge in [-0.05, 0) is 54.1 Å². The summed E-state index contributed by atoms with van der Waals surface area (Å²) < 4.78 is 0. The number of hydrogen-bond donors (Lipinski definition) is 0. The summed E-state index contributed by atoms with van der Waals surface area (Å²) in [4.78, 5) is 26.9. The van der Waals surface area contributed by atoms with Crippen molar-refractivity contribution < 1.29 is 9.59 Å². The summed E-state index contributed by atoms with van der Waals surface area (Å²) in [6.07, 6.45) is 4.97. The zero-order valence-corrected chi connectivity index (χ0v) is 16.6. The summed E-state index contributed by atoms with van der Waals surface area (Å²) in [5.41, 5.74) is 4.17. The lowest BCUT2D eigenvalue weighted by Gasteiger charge is -2.16. The van der Waals surface area contributed by atoms with Gasteiger partial charge in [0, 0.05) is 11.1 Å². The fraction of sp³-hybridized carbons (Fsp3) is 0.174. The van der Waals surface area contributed by atoms with E-state index in [-0.39, 0.29) is 11.7 Å². The molecule has 5 heteroatoms. The maximum atomic E-state index is 13.4. The Kier molecular flexibility index (Phi) is 4.92. The third kappa shape index (κ3) is 3.08.